The summed E-state index contributed by atoms with van der Waals surface area (Å²) in [5.41, 5.74) is 2.22. The molecule has 0 atom stereocenters. The summed E-state index contributed by atoms with van der Waals surface area (Å²) in [4.78, 5) is 24.9. The lowest BCUT2D eigenvalue weighted by molar-refractivity contribution is -0.119. The Balaban J connectivity index is 1.95. The minimum atomic E-state index is -2.86. The van der Waals surface area contributed by atoms with Gasteiger partial charge in [0.2, 0.25) is 5.91 Å². The molecule has 0 saturated heterocycles. The predicted molar refractivity (Wildman–Crippen MR) is 92.8 cm³/mol. The van der Waals surface area contributed by atoms with E-state index >= 15 is 0 Å². The summed E-state index contributed by atoms with van der Waals surface area (Å²) >= 11 is 0. The highest BCUT2D eigenvalue weighted by Gasteiger charge is 2.12. The van der Waals surface area contributed by atoms with Crippen LogP contribution in [0.2, 0.25) is 0 Å². The van der Waals surface area contributed by atoms with E-state index < -0.39 is 6.61 Å². The van der Waals surface area contributed by atoms with E-state index in [0.29, 0.717) is 18.7 Å². The van der Waals surface area contributed by atoms with Crippen molar-refractivity contribution in [3.63, 3.8) is 0 Å². The van der Waals surface area contributed by atoms with Gasteiger partial charge >= 0.3 is 6.61 Å². The zero-order chi connectivity index (χ0) is 19.1. The molecule has 0 heterocycles. The number of benzene rings is 2. The van der Waals surface area contributed by atoms with Crippen molar-refractivity contribution in [3.05, 3.63) is 65.2 Å². The zero-order valence-corrected chi connectivity index (χ0v) is 14.5. The highest BCUT2D eigenvalue weighted by atomic mass is 19.3. The molecule has 2 aromatic rings. The minimum absolute atomic E-state index is 0.0764. The summed E-state index contributed by atoms with van der Waals surface area (Å²) in [5, 5.41) is 2.69. The highest BCUT2D eigenvalue weighted by Crippen LogP contribution is 2.16. The highest BCUT2D eigenvalue weighted by molar-refractivity contribution is 5.94. The van der Waals surface area contributed by atoms with E-state index in [-0.39, 0.29) is 17.6 Å². The van der Waals surface area contributed by atoms with Gasteiger partial charge in [0.05, 0.1) is 0 Å². The molecule has 1 N–H and O–H groups in total. The number of nitrogens with one attached hydrogen (secondary N) is 1. The fraction of sp³-hybridized carbons (Fsp3) is 0.263. The molecule has 0 aliphatic carbocycles. The molecular weight excluding hydrogens is 342 g/mol. The van der Waals surface area contributed by atoms with Gasteiger partial charge in [-0.15, -0.1) is 0 Å². The van der Waals surface area contributed by atoms with Crippen LogP contribution in [0, 0.1) is 0 Å². The maximum absolute atomic E-state index is 12.5. The maximum Gasteiger partial charge on any atom is 0.387 e. The van der Waals surface area contributed by atoms with E-state index in [1.165, 1.54) is 24.0 Å². The van der Waals surface area contributed by atoms with Crippen molar-refractivity contribution < 1.29 is 23.1 Å². The molecule has 0 unspecified atom stereocenters. The lowest BCUT2D eigenvalue weighted by Gasteiger charge is -2.18. The Morgan fingerprint density at radius 1 is 1.04 bits per heavy atom. The molecular formula is C19H20F2N2O3. The molecule has 0 radical (unpaired) electrons. The number of alkyl halides is 2. The SMILES string of the molecule is CC(=O)NCc1ccc(C(=O)N(C)Cc2ccc(OC(F)F)cc2)cc1. The van der Waals surface area contributed by atoms with Crippen LogP contribution in [0.25, 0.3) is 0 Å². The largest absolute Gasteiger partial charge is 0.435 e. The third-order valence-corrected chi connectivity index (χ3v) is 3.66. The van der Waals surface area contributed by atoms with Crippen molar-refractivity contribution in [2.45, 2.75) is 26.6 Å². The van der Waals surface area contributed by atoms with Crippen molar-refractivity contribution in [2.75, 3.05) is 7.05 Å². The number of ether oxygens (including phenoxy) is 1. The quantitative estimate of drug-likeness (QED) is 0.823. The third kappa shape index (κ3) is 5.84. The molecule has 2 aromatic carbocycles. The van der Waals surface area contributed by atoms with Crippen LogP contribution in [0.4, 0.5) is 8.78 Å². The van der Waals surface area contributed by atoms with Crippen molar-refractivity contribution >= 4 is 11.8 Å². The molecule has 0 aromatic heterocycles. The lowest BCUT2D eigenvalue weighted by Crippen LogP contribution is -2.26. The maximum atomic E-state index is 12.5. The molecule has 0 spiro atoms. The predicted octanol–water partition coefficient (Wildman–Crippen LogP) is 3.20. The van der Waals surface area contributed by atoms with Gasteiger partial charge in [0, 0.05) is 32.6 Å². The molecule has 2 amide bonds. The summed E-state index contributed by atoms with van der Waals surface area (Å²) in [6, 6.07) is 13.1. The van der Waals surface area contributed by atoms with Crippen LogP contribution in [-0.4, -0.2) is 30.4 Å². The number of carbonyl (C=O) groups excluding carboxylic acids is 2. The molecule has 138 valence electrons. The number of nitrogens with zero attached hydrogens (tertiary/aromatic N) is 1. The van der Waals surface area contributed by atoms with E-state index in [1.54, 1.807) is 43.4 Å². The second-order valence-corrected chi connectivity index (χ2v) is 5.79. The third-order valence-electron chi connectivity index (χ3n) is 3.66. The first-order chi connectivity index (χ1) is 12.3. The van der Waals surface area contributed by atoms with E-state index in [2.05, 4.69) is 10.1 Å². The smallest absolute Gasteiger partial charge is 0.387 e. The van der Waals surface area contributed by atoms with Crippen LogP contribution in [-0.2, 0) is 17.9 Å². The summed E-state index contributed by atoms with van der Waals surface area (Å²) < 4.78 is 28.6. The molecule has 7 heteroatoms. The molecule has 0 saturated carbocycles. The van der Waals surface area contributed by atoms with Crippen molar-refractivity contribution in [2.24, 2.45) is 0 Å². The van der Waals surface area contributed by atoms with Gasteiger partial charge in [-0.2, -0.15) is 8.78 Å². The van der Waals surface area contributed by atoms with E-state index in [4.69, 9.17) is 0 Å². The van der Waals surface area contributed by atoms with E-state index in [1.807, 2.05) is 0 Å². The Hall–Kier alpha value is -2.96. The molecule has 0 fully saturated rings. The van der Waals surface area contributed by atoms with Gasteiger partial charge in [-0.05, 0) is 35.4 Å². The number of hydrogen-bond donors (Lipinski definition) is 1. The standard InChI is InChI=1S/C19H20F2N2O3/c1-13(24)22-11-14-3-7-16(8-4-14)18(25)23(2)12-15-5-9-17(10-6-15)26-19(20)21/h3-10,19H,11-12H2,1-2H3,(H,22,24). The first-order valence-electron chi connectivity index (χ1n) is 7.97. The van der Waals surface area contributed by atoms with Gasteiger partial charge in [0.1, 0.15) is 5.75 Å². The Morgan fingerprint density at radius 3 is 2.15 bits per heavy atom. The number of rotatable bonds is 7. The van der Waals surface area contributed by atoms with Crippen molar-refractivity contribution in [1.29, 1.82) is 0 Å². The second-order valence-electron chi connectivity index (χ2n) is 5.79. The van der Waals surface area contributed by atoms with Crippen LogP contribution in [0.5, 0.6) is 5.75 Å². The van der Waals surface area contributed by atoms with Crippen molar-refractivity contribution in [1.82, 2.24) is 10.2 Å². The Labute approximate surface area is 150 Å². The molecule has 0 aliphatic rings. The van der Waals surface area contributed by atoms with E-state index in [0.717, 1.165) is 11.1 Å². The molecule has 2 rings (SSSR count). The summed E-state index contributed by atoms with van der Waals surface area (Å²) in [5.74, 6) is -0.202. The van der Waals surface area contributed by atoms with Gasteiger partial charge in [0.15, 0.2) is 0 Å². The molecule has 0 bridgehead atoms. The number of carbonyl (C=O) groups is 2. The van der Waals surface area contributed by atoms with Gasteiger partial charge in [-0.25, -0.2) is 0 Å². The van der Waals surface area contributed by atoms with Crippen LogP contribution in [0.3, 0.4) is 0 Å². The monoisotopic (exact) mass is 362 g/mol. The topological polar surface area (TPSA) is 58.6 Å². The first-order valence-corrected chi connectivity index (χ1v) is 7.97. The minimum Gasteiger partial charge on any atom is -0.435 e. The zero-order valence-electron chi connectivity index (χ0n) is 14.5. The Kier molecular flexibility index (Phi) is 6.66. The van der Waals surface area contributed by atoms with Crippen LogP contribution < -0.4 is 10.1 Å². The number of halogens is 2. The first kappa shape index (κ1) is 19.4. The summed E-state index contributed by atoms with van der Waals surface area (Å²) in [7, 11) is 1.66. The fourth-order valence-corrected chi connectivity index (χ4v) is 2.33. The van der Waals surface area contributed by atoms with Gasteiger partial charge < -0.3 is 15.0 Å². The average molecular weight is 362 g/mol. The lowest BCUT2D eigenvalue weighted by atomic mass is 10.1. The van der Waals surface area contributed by atoms with E-state index in [9.17, 15) is 18.4 Å². The van der Waals surface area contributed by atoms with Gasteiger partial charge in [-0.1, -0.05) is 24.3 Å². The normalized spacial score (nSPS) is 10.5. The molecule has 26 heavy (non-hydrogen) atoms. The molecule has 0 aliphatic heterocycles. The summed E-state index contributed by atoms with van der Waals surface area (Å²) in [6.45, 7) is -0.675. The van der Waals surface area contributed by atoms with Crippen molar-refractivity contribution in [3.8, 4) is 5.75 Å². The second kappa shape index (κ2) is 8.94. The van der Waals surface area contributed by atoms with Crippen LogP contribution in [0.1, 0.15) is 28.4 Å². The van der Waals surface area contributed by atoms with Gasteiger partial charge in [-0.3, -0.25) is 9.59 Å². The van der Waals surface area contributed by atoms with Gasteiger partial charge in [0.25, 0.3) is 5.91 Å². The molecule has 5 nitrogen and oxygen atoms in total. The van der Waals surface area contributed by atoms with Crippen LogP contribution in [0.15, 0.2) is 48.5 Å². The Morgan fingerprint density at radius 2 is 1.62 bits per heavy atom. The number of hydrogen-bond acceptors (Lipinski definition) is 3. The average Bonchev–Trinajstić information content (AvgIpc) is 2.61. The summed E-state index contributed by atoms with van der Waals surface area (Å²) in [6.07, 6.45) is 0. The van der Waals surface area contributed by atoms with Crippen LogP contribution >= 0.6 is 0 Å². The number of amides is 2. The fourth-order valence-electron chi connectivity index (χ4n) is 2.33. The Bertz CT molecular complexity index is 746.